The smallest absolute Gasteiger partial charge is 0.145 e. The summed E-state index contributed by atoms with van der Waals surface area (Å²) >= 11 is 0. The summed E-state index contributed by atoms with van der Waals surface area (Å²) in [7, 11) is 0. The highest BCUT2D eigenvalue weighted by atomic mass is 16.5. The summed E-state index contributed by atoms with van der Waals surface area (Å²) in [6.45, 7) is 2.69. The van der Waals surface area contributed by atoms with Crippen LogP contribution in [0.25, 0.3) is 11.3 Å². The number of aromatic amines is 1. The fourth-order valence-corrected chi connectivity index (χ4v) is 2.38. The average Bonchev–Trinajstić information content (AvgIpc) is 3.00. The molecule has 4 heteroatoms. The molecule has 0 saturated carbocycles. The Morgan fingerprint density at radius 3 is 2.59 bits per heavy atom. The van der Waals surface area contributed by atoms with Gasteiger partial charge in [0.25, 0.3) is 0 Å². The van der Waals surface area contributed by atoms with E-state index in [9.17, 15) is 0 Å². The molecule has 0 aliphatic heterocycles. The predicted octanol–water partition coefficient (Wildman–Crippen LogP) is 3.80. The van der Waals surface area contributed by atoms with Gasteiger partial charge in [0.2, 0.25) is 0 Å². The van der Waals surface area contributed by atoms with Crippen molar-refractivity contribution in [1.82, 2.24) is 10.2 Å². The van der Waals surface area contributed by atoms with Crippen LogP contribution in [0.3, 0.4) is 0 Å². The lowest BCUT2D eigenvalue weighted by Crippen LogP contribution is -1.98. The summed E-state index contributed by atoms with van der Waals surface area (Å²) in [5.41, 5.74) is 9.97. The fourth-order valence-electron chi connectivity index (χ4n) is 2.38. The van der Waals surface area contributed by atoms with Gasteiger partial charge in [-0.1, -0.05) is 37.3 Å². The minimum absolute atomic E-state index is 0.498. The van der Waals surface area contributed by atoms with Gasteiger partial charge in [-0.3, -0.25) is 5.10 Å². The number of hydrogen-bond acceptors (Lipinski definition) is 3. The Morgan fingerprint density at radius 2 is 1.91 bits per heavy atom. The van der Waals surface area contributed by atoms with Gasteiger partial charge in [0.05, 0.1) is 5.69 Å². The molecule has 0 aliphatic carbocycles. The van der Waals surface area contributed by atoms with Crippen molar-refractivity contribution in [3.8, 4) is 17.0 Å². The molecule has 112 valence electrons. The first-order chi connectivity index (χ1) is 10.8. The minimum atomic E-state index is 0.498. The number of nitrogens with zero attached hydrogens (tertiary/aromatic N) is 1. The molecule has 0 fully saturated rings. The summed E-state index contributed by atoms with van der Waals surface area (Å²) in [5.74, 6) is 1.42. The number of aryl methyl sites for hydroxylation is 1. The second-order valence-electron chi connectivity index (χ2n) is 5.16. The highest BCUT2D eigenvalue weighted by Crippen LogP contribution is 2.27. The molecule has 3 rings (SSSR count). The van der Waals surface area contributed by atoms with Crippen molar-refractivity contribution in [3.63, 3.8) is 0 Å². The van der Waals surface area contributed by atoms with Crippen LogP contribution in [0.15, 0.2) is 54.6 Å². The Balaban J connectivity index is 1.80. The first kappa shape index (κ1) is 14.2. The summed E-state index contributed by atoms with van der Waals surface area (Å²) in [6.07, 6.45) is 0.904. The molecule has 1 heterocycles. The van der Waals surface area contributed by atoms with Crippen LogP contribution >= 0.6 is 0 Å². The van der Waals surface area contributed by atoms with Crippen LogP contribution in [0.2, 0.25) is 0 Å². The topological polar surface area (TPSA) is 63.9 Å². The third kappa shape index (κ3) is 3.11. The van der Waals surface area contributed by atoms with E-state index in [0.717, 1.165) is 29.0 Å². The molecular weight excluding hydrogens is 274 g/mol. The maximum atomic E-state index is 5.96. The molecule has 3 aromatic rings. The molecule has 0 aliphatic rings. The summed E-state index contributed by atoms with van der Waals surface area (Å²) < 4.78 is 5.96. The number of ether oxygens (including phenoxy) is 1. The molecule has 22 heavy (non-hydrogen) atoms. The molecule has 3 N–H and O–H groups in total. The number of nitrogens with one attached hydrogen (secondary N) is 1. The molecule has 0 saturated heterocycles. The van der Waals surface area contributed by atoms with Crippen LogP contribution in [-0.4, -0.2) is 10.2 Å². The molecule has 0 bridgehead atoms. The normalized spacial score (nSPS) is 10.6. The van der Waals surface area contributed by atoms with E-state index in [1.165, 1.54) is 5.56 Å². The van der Waals surface area contributed by atoms with E-state index in [1.54, 1.807) is 0 Å². The lowest BCUT2D eigenvalue weighted by molar-refractivity contribution is 0.303. The van der Waals surface area contributed by atoms with Crippen molar-refractivity contribution in [2.45, 2.75) is 20.0 Å². The largest absolute Gasteiger partial charge is 0.489 e. The number of nitrogens with two attached hydrogens (primary N) is 1. The summed E-state index contributed by atoms with van der Waals surface area (Å²) in [5, 5.41) is 6.90. The molecule has 0 unspecified atom stereocenters. The van der Waals surface area contributed by atoms with Crippen LogP contribution in [-0.2, 0) is 13.0 Å². The Kier molecular flexibility index (Phi) is 4.10. The molecule has 4 nitrogen and oxygen atoms in total. The standard InChI is InChI=1S/C18H19N3O/c1-2-14-10-15(16-11-18(19)21-20-16)8-9-17(14)22-12-13-6-4-3-5-7-13/h3-11H,2,12H2,1H3,(H3,19,20,21). The second kappa shape index (κ2) is 6.35. The Bertz CT molecular complexity index is 750. The maximum absolute atomic E-state index is 5.96. The number of rotatable bonds is 5. The number of benzene rings is 2. The van der Waals surface area contributed by atoms with Crippen LogP contribution in [0.4, 0.5) is 5.82 Å². The van der Waals surface area contributed by atoms with Crippen molar-refractivity contribution in [2.75, 3.05) is 5.73 Å². The van der Waals surface area contributed by atoms with E-state index in [0.29, 0.717) is 12.4 Å². The van der Waals surface area contributed by atoms with Crippen molar-refractivity contribution >= 4 is 5.82 Å². The molecular formula is C18H19N3O. The maximum Gasteiger partial charge on any atom is 0.145 e. The van der Waals surface area contributed by atoms with Crippen LogP contribution in [0.1, 0.15) is 18.1 Å². The van der Waals surface area contributed by atoms with Crippen LogP contribution in [0.5, 0.6) is 5.75 Å². The SMILES string of the molecule is CCc1cc(-c2cc(N)n[nH]2)ccc1OCc1ccccc1. The molecule has 0 amide bonds. The first-order valence-electron chi connectivity index (χ1n) is 7.37. The van der Waals surface area contributed by atoms with E-state index in [-0.39, 0.29) is 0 Å². The number of anilines is 1. The molecule has 2 aromatic carbocycles. The van der Waals surface area contributed by atoms with Crippen molar-refractivity contribution < 1.29 is 4.74 Å². The number of hydrogen-bond donors (Lipinski definition) is 2. The molecule has 1 aromatic heterocycles. The van der Waals surface area contributed by atoms with E-state index in [1.807, 2.05) is 36.4 Å². The Hall–Kier alpha value is -2.75. The lowest BCUT2D eigenvalue weighted by atomic mass is 10.1. The Labute approximate surface area is 129 Å². The van der Waals surface area contributed by atoms with E-state index >= 15 is 0 Å². The van der Waals surface area contributed by atoms with Gasteiger partial charge >= 0.3 is 0 Å². The fraction of sp³-hybridized carbons (Fsp3) is 0.167. The molecule has 0 spiro atoms. The van der Waals surface area contributed by atoms with Gasteiger partial charge in [-0.25, -0.2) is 0 Å². The third-order valence-corrected chi connectivity index (χ3v) is 3.59. The minimum Gasteiger partial charge on any atom is -0.489 e. The van der Waals surface area contributed by atoms with E-state index < -0.39 is 0 Å². The van der Waals surface area contributed by atoms with E-state index in [2.05, 4.69) is 35.3 Å². The van der Waals surface area contributed by atoms with Gasteiger partial charge in [-0.05, 0) is 35.7 Å². The zero-order valence-corrected chi connectivity index (χ0v) is 12.5. The summed E-state index contributed by atoms with van der Waals surface area (Å²) in [6, 6.07) is 18.1. The van der Waals surface area contributed by atoms with Crippen molar-refractivity contribution in [3.05, 3.63) is 65.7 Å². The number of H-pyrrole nitrogens is 1. The van der Waals surface area contributed by atoms with Crippen LogP contribution < -0.4 is 10.5 Å². The second-order valence-corrected chi connectivity index (χ2v) is 5.16. The highest BCUT2D eigenvalue weighted by molar-refractivity contribution is 5.64. The third-order valence-electron chi connectivity index (χ3n) is 3.59. The molecule has 0 atom stereocenters. The monoisotopic (exact) mass is 293 g/mol. The van der Waals surface area contributed by atoms with Gasteiger partial charge < -0.3 is 10.5 Å². The number of nitrogen functional groups attached to an aromatic ring is 1. The lowest BCUT2D eigenvalue weighted by Gasteiger charge is -2.12. The molecule has 0 radical (unpaired) electrons. The van der Waals surface area contributed by atoms with Crippen LogP contribution in [0, 0.1) is 0 Å². The summed E-state index contributed by atoms with van der Waals surface area (Å²) in [4.78, 5) is 0. The quantitative estimate of drug-likeness (QED) is 0.752. The van der Waals surface area contributed by atoms with Gasteiger partial charge in [0, 0.05) is 11.6 Å². The van der Waals surface area contributed by atoms with Gasteiger partial charge in [0.1, 0.15) is 18.2 Å². The highest BCUT2D eigenvalue weighted by Gasteiger charge is 2.07. The van der Waals surface area contributed by atoms with Crippen molar-refractivity contribution in [1.29, 1.82) is 0 Å². The first-order valence-corrected chi connectivity index (χ1v) is 7.37. The van der Waals surface area contributed by atoms with Gasteiger partial charge in [-0.15, -0.1) is 0 Å². The van der Waals surface area contributed by atoms with Gasteiger partial charge in [-0.2, -0.15) is 5.10 Å². The van der Waals surface area contributed by atoms with E-state index in [4.69, 9.17) is 10.5 Å². The Morgan fingerprint density at radius 1 is 1.09 bits per heavy atom. The zero-order valence-electron chi connectivity index (χ0n) is 12.5. The predicted molar refractivity (Wildman–Crippen MR) is 88.6 cm³/mol. The average molecular weight is 293 g/mol. The zero-order chi connectivity index (χ0) is 15.4. The van der Waals surface area contributed by atoms with Crippen molar-refractivity contribution in [2.24, 2.45) is 0 Å². The number of aromatic nitrogens is 2. The van der Waals surface area contributed by atoms with Gasteiger partial charge in [0.15, 0.2) is 0 Å².